The average Bonchev–Trinajstić information content (AvgIpc) is 2.51. The minimum Gasteiger partial charge on any atom is -0.465 e. The molecule has 20 heavy (non-hydrogen) atoms. The van der Waals surface area contributed by atoms with Crippen LogP contribution in [0.1, 0.15) is 41.4 Å². The Bertz CT molecular complexity index is 716. The SMILES string of the molecule is COC(=O)c1ccc(C=O)c2c(C=O)ccc(C=O)c12. The third kappa shape index (κ3) is 1.99. The van der Waals surface area contributed by atoms with Crippen LogP contribution in [0, 0.1) is 0 Å². The molecule has 5 heteroatoms. The van der Waals surface area contributed by atoms with Gasteiger partial charge in [-0.25, -0.2) is 4.79 Å². The van der Waals surface area contributed by atoms with E-state index in [1.807, 2.05) is 0 Å². The number of methoxy groups -OCH3 is 1. The van der Waals surface area contributed by atoms with Gasteiger partial charge in [0.15, 0.2) is 18.9 Å². The minimum absolute atomic E-state index is 0.138. The number of benzene rings is 2. The van der Waals surface area contributed by atoms with Gasteiger partial charge in [0, 0.05) is 27.5 Å². The number of carbonyl (C=O) groups is 4. The second-order valence-electron chi connectivity index (χ2n) is 4.04. The molecule has 2 aromatic carbocycles. The Morgan fingerprint density at radius 2 is 1.30 bits per heavy atom. The molecular formula is C15H10O5. The predicted molar refractivity (Wildman–Crippen MR) is 71.5 cm³/mol. The summed E-state index contributed by atoms with van der Waals surface area (Å²) < 4.78 is 4.66. The predicted octanol–water partition coefficient (Wildman–Crippen LogP) is 2.06. The van der Waals surface area contributed by atoms with Crippen LogP contribution in [0.15, 0.2) is 24.3 Å². The average molecular weight is 270 g/mol. The van der Waals surface area contributed by atoms with Gasteiger partial charge in [0.05, 0.1) is 12.7 Å². The van der Waals surface area contributed by atoms with Crippen molar-refractivity contribution < 1.29 is 23.9 Å². The third-order valence-corrected chi connectivity index (χ3v) is 3.04. The van der Waals surface area contributed by atoms with Crippen LogP contribution in [-0.2, 0) is 4.74 Å². The topological polar surface area (TPSA) is 77.5 Å². The fourth-order valence-electron chi connectivity index (χ4n) is 2.15. The molecular weight excluding hydrogens is 260 g/mol. The van der Waals surface area contributed by atoms with Crippen molar-refractivity contribution in [1.82, 2.24) is 0 Å². The number of aldehydes is 3. The highest BCUT2D eigenvalue weighted by atomic mass is 16.5. The molecule has 0 bridgehead atoms. The number of carbonyl (C=O) groups excluding carboxylic acids is 4. The summed E-state index contributed by atoms with van der Waals surface area (Å²) in [6.07, 6.45) is 1.72. The monoisotopic (exact) mass is 270 g/mol. The zero-order chi connectivity index (χ0) is 14.7. The van der Waals surface area contributed by atoms with E-state index in [1.165, 1.54) is 31.4 Å². The van der Waals surface area contributed by atoms with Crippen molar-refractivity contribution in [2.45, 2.75) is 0 Å². The molecule has 0 aliphatic rings. The summed E-state index contributed by atoms with van der Waals surface area (Å²) in [6.45, 7) is 0. The molecule has 0 atom stereocenters. The molecule has 0 aliphatic carbocycles. The van der Waals surface area contributed by atoms with Crippen molar-refractivity contribution in [2.24, 2.45) is 0 Å². The highest BCUT2D eigenvalue weighted by Gasteiger charge is 2.18. The molecule has 0 fully saturated rings. The van der Waals surface area contributed by atoms with Crippen LogP contribution in [0.25, 0.3) is 10.8 Å². The van der Waals surface area contributed by atoms with E-state index in [1.54, 1.807) is 0 Å². The molecule has 0 saturated carbocycles. The van der Waals surface area contributed by atoms with Gasteiger partial charge in [0.1, 0.15) is 0 Å². The smallest absolute Gasteiger partial charge is 0.338 e. The van der Waals surface area contributed by atoms with Gasteiger partial charge < -0.3 is 4.74 Å². The Labute approximate surface area is 114 Å². The van der Waals surface area contributed by atoms with Crippen LogP contribution in [0.4, 0.5) is 0 Å². The molecule has 0 aliphatic heterocycles. The molecule has 0 spiro atoms. The second kappa shape index (κ2) is 5.44. The van der Waals surface area contributed by atoms with Gasteiger partial charge in [-0.2, -0.15) is 0 Å². The maximum atomic E-state index is 11.8. The van der Waals surface area contributed by atoms with E-state index in [2.05, 4.69) is 4.74 Å². The summed E-state index contributed by atoms with van der Waals surface area (Å²) >= 11 is 0. The lowest BCUT2D eigenvalue weighted by Crippen LogP contribution is -2.06. The highest BCUT2D eigenvalue weighted by Crippen LogP contribution is 2.28. The Morgan fingerprint density at radius 1 is 0.850 bits per heavy atom. The normalized spacial score (nSPS) is 10.1. The molecule has 100 valence electrons. The molecule has 0 aromatic heterocycles. The summed E-state index contributed by atoms with van der Waals surface area (Å²) in [5.41, 5.74) is 0.825. The number of ether oxygens (including phenoxy) is 1. The van der Waals surface area contributed by atoms with E-state index < -0.39 is 5.97 Å². The molecule has 0 heterocycles. The highest BCUT2D eigenvalue weighted by molar-refractivity contribution is 6.18. The van der Waals surface area contributed by atoms with Crippen molar-refractivity contribution in [3.63, 3.8) is 0 Å². The molecule has 0 unspecified atom stereocenters. The van der Waals surface area contributed by atoms with Crippen LogP contribution in [0.3, 0.4) is 0 Å². The zero-order valence-corrected chi connectivity index (χ0v) is 10.6. The van der Waals surface area contributed by atoms with Gasteiger partial charge >= 0.3 is 5.97 Å². The Kier molecular flexibility index (Phi) is 3.70. The van der Waals surface area contributed by atoms with Crippen molar-refractivity contribution in [2.75, 3.05) is 7.11 Å². The molecule has 2 aromatic rings. The Morgan fingerprint density at radius 3 is 1.75 bits per heavy atom. The first-order valence-electron chi connectivity index (χ1n) is 5.71. The van der Waals surface area contributed by atoms with Crippen molar-refractivity contribution in [3.05, 3.63) is 46.5 Å². The third-order valence-electron chi connectivity index (χ3n) is 3.04. The lowest BCUT2D eigenvalue weighted by atomic mass is 9.93. The van der Waals surface area contributed by atoms with Crippen LogP contribution in [0.2, 0.25) is 0 Å². The Balaban J connectivity index is 3.05. The number of hydrogen-bond donors (Lipinski definition) is 0. The molecule has 0 amide bonds. The molecule has 5 nitrogen and oxygen atoms in total. The van der Waals surface area contributed by atoms with Gasteiger partial charge in [0.25, 0.3) is 0 Å². The fourth-order valence-corrected chi connectivity index (χ4v) is 2.15. The molecule has 0 radical (unpaired) electrons. The summed E-state index contributed by atoms with van der Waals surface area (Å²) in [7, 11) is 1.21. The maximum absolute atomic E-state index is 11.8. The van der Waals surface area contributed by atoms with Gasteiger partial charge in [-0.1, -0.05) is 18.2 Å². The second-order valence-corrected chi connectivity index (χ2v) is 4.04. The summed E-state index contributed by atoms with van der Waals surface area (Å²) in [6, 6.07) is 5.69. The largest absolute Gasteiger partial charge is 0.465 e. The summed E-state index contributed by atoms with van der Waals surface area (Å²) in [4.78, 5) is 45.2. The summed E-state index contributed by atoms with van der Waals surface area (Å²) in [5.74, 6) is -0.640. The number of rotatable bonds is 4. The summed E-state index contributed by atoms with van der Waals surface area (Å²) in [5, 5.41) is 0.531. The van der Waals surface area contributed by atoms with E-state index in [9.17, 15) is 19.2 Å². The molecule has 2 rings (SSSR count). The van der Waals surface area contributed by atoms with E-state index >= 15 is 0 Å². The first kappa shape index (κ1) is 13.6. The van der Waals surface area contributed by atoms with E-state index in [0.717, 1.165) is 0 Å². The number of fused-ring (bicyclic) bond motifs is 1. The first-order chi connectivity index (χ1) is 9.67. The van der Waals surface area contributed by atoms with Gasteiger partial charge in [-0.15, -0.1) is 0 Å². The maximum Gasteiger partial charge on any atom is 0.338 e. The van der Waals surface area contributed by atoms with E-state index in [0.29, 0.717) is 18.9 Å². The fraction of sp³-hybridized carbons (Fsp3) is 0.0667. The molecule has 0 saturated heterocycles. The Hall–Kier alpha value is -2.82. The van der Waals surface area contributed by atoms with Gasteiger partial charge in [-0.3, -0.25) is 14.4 Å². The van der Waals surface area contributed by atoms with Crippen molar-refractivity contribution in [3.8, 4) is 0 Å². The standard InChI is InChI=1S/C15H10O5/c1-20-15(19)12-5-4-10(7-17)13-9(6-16)2-3-11(8-18)14(12)13/h2-8H,1H3. The van der Waals surface area contributed by atoms with Crippen molar-refractivity contribution >= 4 is 35.6 Å². The van der Waals surface area contributed by atoms with Gasteiger partial charge in [-0.05, 0) is 6.07 Å². The van der Waals surface area contributed by atoms with Crippen LogP contribution < -0.4 is 0 Å². The van der Waals surface area contributed by atoms with Crippen LogP contribution in [-0.4, -0.2) is 31.9 Å². The lowest BCUT2D eigenvalue weighted by molar-refractivity contribution is 0.0602. The van der Waals surface area contributed by atoms with E-state index in [-0.39, 0.29) is 33.0 Å². The number of esters is 1. The van der Waals surface area contributed by atoms with Crippen LogP contribution in [0.5, 0.6) is 0 Å². The first-order valence-corrected chi connectivity index (χ1v) is 5.71. The number of hydrogen-bond acceptors (Lipinski definition) is 5. The zero-order valence-electron chi connectivity index (χ0n) is 10.6. The lowest BCUT2D eigenvalue weighted by Gasteiger charge is -2.10. The van der Waals surface area contributed by atoms with Crippen LogP contribution >= 0.6 is 0 Å². The van der Waals surface area contributed by atoms with E-state index in [4.69, 9.17) is 0 Å². The quantitative estimate of drug-likeness (QED) is 0.627. The van der Waals surface area contributed by atoms with Crippen molar-refractivity contribution in [1.29, 1.82) is 0 Å². The molecule has 0 N–H and O–H groups in total. The minimum atomic E-state index is -0.640. The van der Waals surface area contributed by atoms with Gasteiger partial charge in [0.2, 0.25) is 0 Å².